The van der Waals surface area contributed by atoms with Crippen LogP contribution < -0.4 is 10.1 Å². The van der Waals surface area contributed by atoms with E-state index in [1.165, 1.54) is 5.56 Å². The van der Waals surface area contributed by atoms with Gasteiger partial charge in [-0.15, -0.1) is 24.8 Å². The van der Waals surface area contributed by atoms with Crippen molar-refractivity contribution in [3.05, 3.63) is 29.8 Å². The Morgan fingerprint density at radius 1 is 1.25 bits per heavy atom. The molecule has 1 heterocycles. The Balaban J connectivity index is 0.00000180. The van der Waals surface area contributed by atoms with E-state index in [9.17, 15) is 0 Å². The van der Waals surface area contributed by atoms with Crippen LogP contribution in [0.1, 0.15) is 5.56 Å². The van der Waals surface area contributed by atoms with E-state index in [0.717, 1.165) is 51.7 Å². The molecule has 0 unspecified atom stereocenters. The van der Waals surface area contributed by atoms with Crippen molar-refractivity contribution < 1.29 is 9.47 Å². The lowest BCUT2D eigenvalue weighted by atomic mass is 10.2. The Kier molecular flexibility index (Phi) is 10.9. The second kappa shape index (κ2) is 11.2. The van der Waals surface area contributed by atoms with Crippen LogP contribution in [0, 0.1) is 0 Å². The van der Waals surface area contributed by atoms with E-state index in [1.807, 2.05) is 12.1 Å². The lowest BCUT2D eigenvalue weighted by Crippen LogP contribution is -2.40. The molecular formula is C14H24Cl2N2O2. The molecule has 1 fully saturated rings. The summed E-state index contributed by atoms with van der Waals surface area (Å²) in [6, 6.07) is 8.18. The van der Waals surface area contributed by atoms with E-state index in [0.29, 0.717) is 0 Å². The maximum Gasteiger partial charge on any atom is 0.119 e. The number of morpholine rings is 1. The summed E-state index contributed by atoms with van der Waals surface area (Å²) in [4.78, 5) is 2.43. The van der Waals surface area contributed by atoms with Crippen LogP contribution in [0.15, 0.2) is 24.3 Å². The minimum Gasteiger partial charge on any atom is -0.497 e. The molecule has 1 aromatic carbocycles. The Morgan fingerprint density at radius 2 is 2.00 bits per heavy atom. The molecule has 1 aliphatic rings. The van der Waals surface area contributed by atoms with Crippen molar-refractivity contribution in [2.75, 3.05) is 46.5 Å². The highest BCUT2D eigenvalue weighted by Gasteiger charge is 2.08. The number of rotatable bonds is 6. The van der Waals surface area contributed by atoms with E-state index in [-0.39, 0.29) is 24.8 Å². The van der Waals surface area contributed by atoms with Gasteiger partial charge in [-0.25, -0.2) is 0 Å². The van der Waals surface area contributed by atoms with E-state index in [4.69, 9.17) is 9.47 Å². The lowest BCUT2D eigenvalue weighted by Gasteiger charge is -2.26. The zero-order valence-corrected chi connectivity index (χ0v) is 13.5. The molecule has 0 saturated carbocycles. The van der Waals surface area contributed by atoms with Gasteiger partial charge in [-0.2, -0.15) is 0 Å². The zero-order valence-electron chi connectivity index (χ0n) is 11.8. The highest BCUT2D eigenvalue weighted by molar-refractivity contribution is 5.85. The van der Waals surface area contributed by atoms with E-state index >= 15 is 0 Å². The average molecular weight is 323 g/mol. The molecule has 0 amide bonds. The van der Waals surface area contributed by atoms with E-state index < -0.39 is 0 Å². The third kappa shape index (κ3) is 6.77. The monoisotopic (exact) mass is 322 g/mol. The average Bonchev–Trinajstić information content (AvgIpc) is 2.45. The summed E-state index contributed by atoms with van der Waals surface area (Å²) in [7, 11) is 1.70. The highest BCUT2D eigenvalue weighted by Crippen LogP contribution is 2.11. The first kappa shape index (κ1) is 19.5. The van der Waals surface area contributed by atoms with Crippen molar-refractivity contribution in [3.63, 3.8) is 0 Å². The number of nitrogens with one attached hydrogen (secondary N) is 1. The van der Waals surface area contributed by atoms with Crippen LogP contribution in [0.5, 0.6) is 5.75 Å². The second-order valence-electron chi connectivity index (χ2n) is 4.48. The first-order valence-electron chi connectivity index (χ1n) is 6.52. The Morgan fingerprint density at radius 3 is 2.70 bits per heavy atom. The molecule has 1 aromatic rings. The summed E-state index contributed by atoms with van der Waals surface area (Å²) in [5, 5.41) is 3.46. The molecule has 20 heavy (non-hydrogen) atoms. The van der Waals surface area contributed by atoms with Gasteiger partial charge >= 0.3 is 0 Å². The molecule has 0 bridgehead atoms. The summed E-state index contributed by atoms with van der Waals surface area (Å²) in [5.74, 6) is 0.919. The zero-order chi connectivity index (χ0) is 12.6. The highest BCUT2D eigenvalue weighted by atomic mass is 35.5. The Labute approximate surface area is 133 Å². The minimum atomic E-state index is 0. The molecule has 1 N–H and O–H groups in total. The van der Waals surface area contributed by atoms with Gasteiger partial charge in [-0.3, -0.25) is 4.90 Å². The number of halogens is 2. The third-order valence-corrected chi connectivity index (χ3v) is 3.17. The van der Waals surface area contributed by atoms with Crippen LogP contribution in [0.2, 0.25) is 0 Å². The van der Waals surface area contributed by atoms with Gasteiger partial charge in [0.15, 0.2) is 0 Å². The van der Waals surface area contributed by atoms with E-state index in [1.54, 1.807) is 7.11 Å². The predicted octanol–water partition coefficient (Wildman–Crippen LogP) is 1.96. The van der Waals surface area contributed by atoms with Gasteiger partial charge in [-0.05, 0) is 17.7 Å². The fraction of sp³-hybridized carbons (Fsp3) is 0.571. The van der Waals surface area contributed by atoms with Crippen molar-refractivity contribution in [2.45, 2.75) is 6.54 Å². The van der Waals surface area contributed by atoms with Gasteiger partial charge in [0.2, 0.25) is 0 Å². The molecule has 0 spiro atoms. The maximum atomic E-state index is 5.32. The first-order chi connectivity index (χ1) is 8.88. The van der Waals surface area contributed by atoms with Gasteiger partial charge in [0.1, 0.15) is 5.75 Å². The quantitative estimate of drug-likeness (QED) is 0.812. The number of benzene rings is 1. The SMILES string of the molecule is COc1cccc(CNCCN2CCOCC2)c1.Cl.Cl. The summed E-state index contributed by atoms with van der Waals surface area (Å²) in [6.07, 6.45) is 0. The summed E-state index contributed by atoms with van der Waals surface area (Å²) in [5.41, 5.74) is 1.26. The van der Waals surface area contributed by atoms with Crippen LogP contribution >= 0.6 is 24.8 Å². The van der Waals surface area contributed by atoms with Crippen LogP contribution in [0.4, 0.5) is 0 Å². The molecule has 4 nitrogen and oxygen atoms in total. The summed E-state index contributed by atoms with van der Waals surface area (Å²) >= 11 is 0. The van der Waals surface area contributed by atoms with Crippen LogP contribution in [-0.4, -0.2) is 51.4 Å². The first-order valence-corrected chi connectivity index (χ1v) is 6.52. The molecule has 6 heteroatoms. The van der Waals surface area contributed by atoms with Gasteiger partial charge in [-0.1, -0.05) is 12.1 Å². The van der Waals surface area contributed by atoms with Gasteiger partial charge in [0.25, 0.3) is 0 Å². The molecule has 0 aliphatic carbocycles. The summed E-state index contributed by atoms with van der Waals surface area (Å²) in [6.45, 7) is 6.85. The molecule has 1 saturated heterocycles. The van der Waals surface area contributed by atoms with Crippen molar-refractivity contribution in [1.82, 2.24) is 10.2 Å². The fourth-order valence-corrected chi connectivity index (χ4v) is 2.08. The molecule has 116 valence electrons. The Bertz CT molecular complexity index is 361. The minimum absolute atomic E-state index is 0. The molecule has 0 aromatic heterocycles. The third-order valence-electron chi connectivity index (χ3n) is 3.17. The van der Waals surface area contributed by atoms with Crippen LogP contribution in [-0.2, 0) is 11.3 Å². The molecule has 0 radical (unpaired) electrons. The standard InChI is InChI=1S/C14H22N2O2.2ClH/c1-17-14-4-2-3-13(11-14)12-15-5-6-16-7-9-18-10-8-16;;/h2-4,11,15H,5-10,12H2,1H3;2*1H. The molecule has 1 aliphatic heterocycles. The van der Waals surface area contributed by atoms with Gasteiger partial charge < -0.3 is 14.8 Å². The van der Waals surface area contributed by atoms with Crippen molar-refractivity contribution in [1.29, 1.82) is 0 Å². The molecule has 2 rings (SSSR count). The van der Waals surface area contributed by atoms with Crippen molar-refractivity contribution in [2.24, 2.45) is 0 Å². The smallest absolute Gasteiger partial charge is 0.119 e. The van der Waals surface area contributed by atoms with Crippen LogP contribution in [0.3, 0.4) is 0 Å². The van der Waals surface area contributed by atoms with Gasteiger partial charge in [0, 0.05) is 32.7 Å². The normalized spacial score (nSPS) is 15.1. The van der Waals surface area contributed by atoms with E-state index in [2.05, 4.69) is 22.3 Å². The largest absolute Gasteiger partial charge is 0.497 e. The molecular weight excluding hydrogens is 299 g/mol. The number of nitrogens with zero attached hydrogens (tertiary/aromatic N) is 1. The second-order valence-corrected chi connectivity index (χ2v) is 4.48. The van der Waals surface area contributed by atoms with Crippen molar-refractivity contribution >= 4 is 24.8 Å². The fourth-order valence-electron chi connectivity index (χ4n) is 2.08. The number of hydrogen-bond donors (Lipinski definition) is 1. The number of ether oxygens (including phenoxy) is 2. The Hall–Kier alpha value is -0.520. The number of hydrogen-bond acceptors (Lipinski definition) is 4. The predicted molar refractivity (Wildman–Crippen MR) is 86.5 cm³/mol. The van der Waals surface area contributed by atoms with Crippen LogP contribution in [0.25, 0.3) is 0 Å². The topological polar surface area (TPSA) is 33.7 Å². The van der Waals surface area contributed by atoms with Gasteiger partial charge in [0.05, 0.1) is 20.3 Å². The summed E-state index contributed by atoms with van der Waals surface area (Å²) < 4.78 is 10.5. The maximum absolute atomic E-state index is 5.32. The molecule has 0 atom stereocenters. The lowest BCUT2D eigenvalue weighted by molar-refractivity contribution is 0.0384. The number of methoxy groups -OCH3 is 1. The van der Waals surface area contributed by atoms with Crippen molar-refractivity contribution in [3.8, 4) is 5.75 Å².